The lowest BCUT2D eigenvalue weighted by atomic mass is 9.71. The lowest BCUT2D eigenvalue weighted by Crippen LogP contribution is -2.35. The topological polar surface area (TPSA) is 95.3 Å². The van der Waals surface area contributed by atoms with Crippen molar-refractivity contribution in [3.8, 4) is 11.1 Å². The number of halogens is 3. The van der Waals surface area contributed by atoms with Crippen LogP contribution in [0, 0.1) is 18.8 Å². The first-order chi connectivity index (χ1) is 16.9. The molecule has 3 N–H and O–H groups in total. The number of aliphatic carboxylic acids is 1. The van der Waals surface area contributed by atoms with Crippen molar-refractivity contribution in [1.29, 1.82) is 0 Å². The highest BCUT2D eigenvalue weighted by atomic mass is 19.4. The fraction of sp³-hybridized carbons (Fsp3) is 0.370. The highest BCUT2D eigenvalue weighted by molar-refractivity contribution is 5.71. The Bertz CT molecular complexity index is 1240. The monoisotopic (exact) mass is 499 g/mol. The minimum atomic E-state index is -4.56. The summed E-state index contributed by atoms with van der Waals surface area (Å²) in [6.45, 7) is 3.66. The molecule has 190 valence electrons. The molecule has 0 radical (unpaired) electrons. The number of carbonyl (C=O) groups is 1. The van der Waals surface area contributed by atoms with Crippen molar-refractivity contribution in [3.63, 3.8) is 0 Å². The lowest BCUT2D eigenvalue weighted by Gasteiger charge is -2.37. The average Bonchev–Trinajstić information content (AvgIpc) is 2.83. The number of anilines is 2. The number of carboxylic acids is 1. The molecule has 2 aromatic carbocycles. The van der Waals surface area contributed by atoms with Gasteiger partial charge in [0.05, 0.1) is 11.5 Å². The maximum atomic E-state index is 13.0. The summed E-state index contributed by atoms with van der Waals surface area (Å²) in [5, 5.41) is 23.4. The number of rotatable bonds is 6. The van der Waals surface area contributed by atoms with E-state index in [9.17, 15) is 28.2 Å². The average molecular weight is 500 g/mol. The van der Waals surface area contributed by atoms with Gasteiger partial charge in [0.2, 0.25) is 5.95 Å². The van der Waals surface area contributed by atoms with Crippen LogP contribution in [0.2, 0.25) is 0 Å². The highest BCUT2D eigenvalue weighted by Gasteiger charge is 2.38. The van der Waals surface area contributed by atoms with E-state index < -0.39 is 23.4 Å². The zero-order chi connectivity index (χ0) is 26.1. The summed E-state index contributed by atoms with van der Waals surface area (Å²) in [7, 11) is 0. The van der Waals surface area contributed by atoms with Crippen LogP contribution in [0.1, 0.15) is 49.4 Å². The fourth-order valence-electron chi connectivity index (χ4n) is 4.87. The van der Waals surface area contributed by atoms with E-state index in [4.69, 9.17) is 0 Å². The number of aromatic nitrogens is 2. The standard InChI is InChI=1S/C27H28F3N3O3/c1-16-13-19(15-22(14-16)32-25-31-12-11-23(33-25)27(28,29)30)17-3-7-20(8-4-17)26(2,36)21-9-5-18(6-10-21)24(34)35/h3-4,7-8,11-15,18,21,36H,5-6,9-10H2,1-2H3,(H,34,35)(H,31,32,33)/t18?,21?,26-/m0/s1. The van der Waals surface area contributed by atoms with E-state index in [1.165, 1.54) is 0 Å². The van der Waals surface area contributed by atoms with E-state index in [2.05, 4.69) is 15.3 Å². The summed E-state index contributed by atoms with van der Waals surface area (Å²) >= 11 is 0. The van der Waals surface area contributed by atoms with Crippen LogP contribution in [-0.4, -0.2) is 26.2 Å². The molecule has 1 fully saturated rings. The van der Waals surface area contributed by atoms with Gasteiger partial charge in [-0.3, -0.25) is 4.79 Å². The van der Waals surface area contributed by atoms with Gasteiger partial charge in [0.15, 0.2) is 0 Å². The van der Waals surface area contributed by atoms with Gasteiger partial charge in [0.1, 0.15) is 5.69 Å². The fourth-order valence-corrected chi connectivity index (χ4v) is 4.87. The zero-order valence-corrected chi connectivity index (χ0v) is 20.0. The Hall–Kier alpha value is -3.46. The molecule has 3 aromatic rings. The van der Waals surface area contributed by atoms with E-state index in [1.807, 2.05) is 37.3 Å². The number of nitrogens with one attached hydrogen (secondary N) is 1. The molecule has 0 saturated heterocycles. The minimum absolute atomic E-state index is 0.0267. The normalized spacial score (nSPS) is 19.9. The molecule has 0 unspecified atom stereocenters. The first-order valence-corrected chi connectivity index (χ1v) is 11.8. The van der Waals surface area contributed by atoms with Crippen LogP contribution in [0.3, 0.4) is 0 Å². The molecular formula is C27H28F3N3O3. The van der Waals surface area contributed by atoms with Crippen LogP contribution in [0.4, 0.5) is 24.8 Å². The van der Waals surface area contributed by atoms with Crippen molar-refractivity contribution >= 4 is 17.6 Å². The van der Waals surface area contributed by atoms with Crippen LogP contribution in [0.25, 0.3) is 11.1 Å². The molecule has 0 amide bonds. The predicted octanol–water partition coefficient (Wildman–Crippen LogP) is 6.31. The molecule has 1 aliphatic carbocycles. The Morgan fingerprint density at radius 1 is 1.00 bits per heavy atom. The van der Waals surface area contributed by atoms with Crippen LogP contribution < -0.4 is 5.32 Å². The molecule has 0 bridgehead atoms. The number of nitrogens with zero attached hydrogens (tertiary/aromatic N) is 2. The van der Waals surface area contributed by atoms with Gasteiger partial charge in [-0.2, -0.15) is 13.2 Å². The Morgan fingerprint density at radius 3 is 2.28 bits per heavy atom. The molecule has 6 nitrogen and oxygen atoms in total. The number of aryl methyl sites for hydroxylation is 1. The molecule has 9 heteroatoms. The lowest BCUT2D eigenvalue weighted by molar-refractivity contribution is -0.144. The summed E-state index contributed by atoms with van der Waals surface area (Å²) in [6.07, 6.45) is -1.08. The minimum Gasteiger partial charge on any atom is -0.481 e. The predicted molar refractivity (Wildman–Crippen MR) is 130 cm³/mol. The first kappa shape index (κ1) is 25.6. The van der Waals surface area contributed by atoms with Gasteiger partial charge in [-0.25, -0.2) is 9.97 Å². The first-order valence-electron chi connectivity index (χ1n) is 11.8. The van der Waals surface area contributed by atoms with E-state index in [0.29, 0.717) is 31.4 Å². The smallest absolute Gasteiger partial charge is 0.433 e. The number of benzene rings is 2. The summed E-state index contributed by atoms with van der Waals surface area (Å²) in [5.41, 5.74) is 1.82. The maximum absolute atomic E-state index is 13.0. The second kappa shape index (κ2) is 9.89. The van der Waals surface area contributed by atoms with Crippen molar-refractivity contribution in [3.05, 3.63) is 71.5 Å². The van der Waals surface area contributed by atoms with E-state index in [0.717, 1.165) is 34.5 Å². The summed E-state index contributed by atoms with van der Waals surface area (Å²) in [6, 6.07) is 13.9. The molecule has 1 aromatic heterocycles. The number of hydrogen-bond acceptors (Lipinski definition) is 5. The van der Waals surface area contributed by atoms with Gasteiger partial charge in [0.25, 0.3) is 0 Å². The second-order valence-corrected chi connectivity index (χ2v) is 9.59. The van der Waals surface area contributed by atoms with Gasteiger partial charge >= 0.3 is 12.1 Å². The molecule has 0 spiro atoms. The quantitative estimate of drug-likeness (QED) is 0.368. The summed E-state index contributed by atoms with van der Waals surface area (Å²) in [4.78, 5) is 18.7. The number of alkyl halides is 3. The molecule has 36 heavy (non-hydrogen) atoms. The van der Waals surface area contributed by atoms with Gasteiger partial charge in [-0.15, -0.1) is 0 Å². The van der Waals surface area contributed by atoms with Gasteiger partial charge in [0, 0.05) is 11.9 Å². The molecule has 1 aliphatic rings. The van der Waals surface area contributed by atoms with Crippen molar-refractivity contribution in [2.45, 2.75) is 51.3 Å². The van der Waals surface area contributed by atoms with E-state index >= 15 is 0 Å². The molecular weight excluding hydrogens is 471 g/mol. The van der Waals surface area contributed by atoms with Gasteiger partial charge in [-0.05, 0) is 85.9 Å². The van der Waals surface area contributed by atoms with Gasteiger partial charge in [-0.1, -0.05) is 30.3 Å². The van der Waals surface area contributed by atoms with E-state index in [-0.39, 0.29) is 17.8 Å². The summed E-state index contributed by atoms with van der Waals surface area (Å²) < 4.78 is 38.9. The van der Waals surface area contributed by atoms with Crippen molar-refractivity contribution < 1.29 is 28.2 Å². The third kappa shape index (κ3) is 5.67. The Labute approximate surface area is 207 Å². The van der Waals surface area contributed by atoms with Crippen molar-refractivity contribution in [2.75, 3.05) is 5.32 Å². The molecule has 0 aliphatic heterocycles. The third-order valence-electron chi connectivity index (χ3n) is 6.95. The molecule has 4 rings (SSSR count). The van der Waals surface area contributed by atoms with Gasteiger partial charge < -0.3 is 15.5 Å². The highest BCUT2D eigenvalue weighted by Crippen LogP contribution is 2.41. The van der Waals surface area contributed by atoms with Crippen molar-refractivity contribution in [1.82, 2.24) is 9.97 Å². The zero-order valence-electron chi connectivity index (χ0n) is 20.0. The SMILES string of the molecule is Cc1cc(Nc2nccc(C(F)(F)F)n2)cc(-c2ccc([C@](C)(O)C3CCC(C(=O)O)CC3)cc2)c1. The van der Waals surface area contributed by atoms with Crippen LogP contribution in [-0.2, 0) is 16.6 Å². The number of aliphatic hydroxyl groups is 1. The summed E-state index contributed by atoms with van der Waals surface area (Å²) in [5.74, 6) is -1.29. The van der Waals surface area contributed by atoms with Crippen LogP contribution >= 0.6 is 0 Å². The van der Waals surface area contributed by atoms with Crippen LogP contribution in [0.15, 0.2) is 54.7 Å². The molecule has 1 saturated carbocycles. The Kier molecular flexibility index (Phi) is 7.04. The van der Waals surface area contributed by atoms with E-state index in [1.54, 1.807) is 19.1 Å². The largest absolute Gasteiger partial charge is 0.481 e. The van der Waals surface area contributed by atoms with Crippen molar-refractivity contribution in [2.24, 2.45) is 11.8 Å². The van der Waals surface area contributed by atoms with Crippen LogP contribution in [0.5, 0.6) is 0 Å². The second-order valence-electron chi connectivity index (χ2n) is 9.59. The molecule has 1 atom stereocenters. The number of carboxylic acid groups (broad SMARTS) is 1. The third-order valence-corrected chi connectivity index (χ3v) is 6.95. The molecule has 1 heterocycles. The Morgan fingerprint density at radius 2 is 1.67 bits per heavy atom. The number of hydrogen-bond donors (Lipinski definition) is 3. The maximum Gasteiger partial charge on any atom is 0.433 e. The Balaban J connectivity index is 1.52.